The zero-order valence-corrected chi connectivity index (χ0v) is 11.0. The van der Waals surface area contributed by atoms with Crippen LogP contribution < -0.4 is 0 Å². The van der Waals surface area contributed by atoms with Gasteiger partial charge in [-0.3, -0.25) is 0 Å². The van der Waals surface area contributed by atoms with Crippen LogP contribution in [-0.4, -0.2) is 29.6 Å². The van der Waals surface area contributed by atoms with E-state index >= 15 is 0 Å². The Kier molecular flexibility index (Phi) is 4.72. The number of benzene rings is 1. The number of hydrogen-bond donors (Lipinski definition) is 1. The third kappa shape index (κ3) is 3.53. The molecule has 0 aromatic heterocycles. The van der Waals surface area contributed by atoms with Gasteiger partial charge in [0.15, 0.2) is 0 Å². The summed E-state index contributed by atoms with van der Waals surface area (Å²) < 4.78 is 12.8. The van der Waals surface area contributed by atoms with Crippen molar-refractivity contribution in [2.75, 3.05) is 19.6 Å². The molecule has 2 nitrogen and oxygen atoms in total. The van der Waals surface area contributed by atoms with Crippen LogP contribution in [0.3, 0.4) is 0 Å². The highest BCUT2D eigenvalue weighted by Crippen LogP contribution is 2.23. The smallest absolute Gasteiger partial charge is 0.123 e. The lowest BCUT2D eigenvalue weighted by Crippen LogP contribution is -2.35. The molecule has 0 spiro atoms. The Bertz CT molecular complexity index is 359. The number of aliphatic hydroxyl groups excluding tert-OH is 1. The van der Waals surface area contributed by atoms with Crippen molar-refractivity contribution in [1.29, 1.82) is 0 Å². The standard InChI is InChI=1S/C15H22FNO/c1-12(11-17-9-3-2-4-10-17)15(18)13-5-7-14(16)8-6-13/h5-8,12,15,18H,2-4,9-11H2,1H3. The van der Waals surface area contributed by atoms with Gasteiger partial charge in [-0.1, -0.05) is 25.5 Å². The fourth-order valence-electron chi connectivity index (χ4n) is 2.64. The summed E-state index contributed by atoms with van der Waals surface area (Å²) >= 11 is 0. The first-order valence-electron chi connectivity index (χ1n) is 6.82. The molecule has 1 aromatic carbocycles. The lowest BCUT2D eigenvalue weighted by Gasteiger charge is -2.31. The number of aliphatic hydroxyl groups is 1. The van der Waals surface area contributed by atoms with Crippen molar-refractivity contribution >= 4 is 0 Å². The fraction of sp³-hybridized carbons (Fsp3) is 0.600. The summed E-state index contributed by atoms with van der Waals surface area (Å²) in [7, 11) is 0. The summed E-state index contributed by atoms with van der Waals surface area (Å²) in [5.41, 5.74) is 0.806. The Morgan fingerprint density at radius 1 is 1.17 bits per heavy atom. The van der Waals surface area contributed by atoms with Crippen LogP contribution in [0.1, 0.15) is 37.9 Å². The van der Waals surface area contributed by atoms with Crippen LogP contribution in [0.2, 0.25) is 0 Å². The SMILES string of the molecule is CC(CN1CCCCC1)C(O)c1ccc(F)cc1. The lowest BCUT2D eigenvalue weighted by atomic mass is 9.96. The first-order valence-corrected chi connectivity index (χ1v) is 6.82. The van der Waals surface area contributed by atoms with Gasteiger partial charge in [0, 0.05) is 6.54 Å². The van der Waals surface area contributed by atoms with Gasteiger partial charge in [0.1, 0.15) is 5.82 Å². The zero-order chi connectivity index (χ0) is 13.0. The third-order valence-electron chi connectivity index (χ3n) is 3.75. The molecule has 1 aliphatic heterocycles. The van der Waals surface area contributed by atoms with Gasteiger partial charge in [0.05, 0.1) is 6.10 Å². The monoisotopic (exact) mass is 251 g/mol. The molecule has 0 amide bonds. The number of nitrogens with zero attached hydrogens (tertiary/aromatic N) is 1. The average Bonchev–Trinajstić information content (AvgIpc) is 2.40. The predicted octanol–water partition coefficient (Wildman–Crippen LogP) is 2.98. The molecule has 0 aliphatic carbocycles. The average molecular weight is 251 g/mol. The Morgan fingerprint density at radius 3 is 2.39 bits per heavy atom. The van der Waals surface area contributed by atoms with Crippen LogP contribution in [0.5, 0.6) is 0 Å². The molecule has 0 saturated carbocycles. The highest BCUT2D eigenvalue weighted by molar-refractivity contribution is 5.19. The van der Waals surface area contributed by atoms with Crippen LogP contribution in [0.25, 0.3) is 0 Å². The largest absolute Gasteiger partial charge is 0.388 e. The van der Waals surface area contributed by atoms with E-state index in [2.05, 4.69) is 11.8 Å². The highest BCUT2D eigenvalue weighted by atomic mass is 19.1. The fourth-order valence-corrected chi connectivity index (χ4v) is 2.64. The maximum atomic E-state index is 12.8. The molecule has 1 aromatic rings. The van der Waals surface area contributed by atoms with Crippen molar-refractivity contribution in [3.8, 4) is 0 Å². The second-order valence-electron chi connectivity index (χ2n) is 5.33. The minimum absolute atomic E-state index is 0.175. The van der Waals surface area contributed by atoms with Gasteiger partial charge >= 0.3 is 0 Å². The molecule has 0 bridgehead atoms. The second kappa shape index (κ2) is 6.30. The first-order chi connectivity index (χ1) is 8.66. The van der Waals surface area contributed by atoms with Crippen molar-refractivity contribution < 1.29 is 9.50 Å². The molecule has 100 valence electrons. The summed E-state index contributed by atoms with van der Waals surface area (Å²) in [4.78, 5) is 2.42. The van der Waals surface area contributed by atoms with Gasteiger partial charge in [0.25, 0.3) is 0 Å². The van der Waals surface area contributed by atoms with Crippen LogP contribution >= 0.6 is 0 Å². The molecule has 1 saturated heterocycles. The van der Waals surface area contributed by atoms with Gasteiger partial charge in [-0.05, 0) is 49.5 Å². The molecule has 18 heavy (non-hydrogen) atoms. The van der Waals surface area contributed by atoms with Gasteiger partial charge in [-0.25, -0.2) is 4.39 Å². The molecule has 1 heterocycles. The van der Waals surface area contributed by atoms with Crippen LogP contribution in [0, 0.1) is 11.7 Å². The summed E-state index contributed by atoms with van der Waals surface area (Å²) in [5.74, 6) is -0.0804. The molecular weight excluding hydrogens is 229 g/mol. The molecule has 2 rings (SSSR count). The zero-order valence-electron chi connectivity index (χ0n) is 11.0. The maximum Gasteiger partial charge on any atom is 0.123 e. The van der Waals surface area contributed by atoms with Crippen LogP contribution in [0.15, 0.2) is 24.3 Å². The van der Waals surface area contributed by atoms with Gasteiger partial charge in [0.2, 0.25) is 0 Å². The molecule has 2 atom stereocenters. The van der Waals surface area contributed by atoms with Gasteiger partial charge in [-0.15, -0.1) is 0 Å². The van der Waals surface area contributed by atoms with E-state index in [9.17, 15) is 9.50 Å². The van der Waals surface area contributed by atoms with E-state index in [0.717, 1.165) is 25.2 Å². The number of likely N-dealkylation sites (tertiary alicyclic amines) is 1. The lowest BCUT2D eigenvalue weighted by molar-refractivity contribution is 0.0819. The highest BCUT2D eigenvalue weighted by Gasteiger charge is 2.20. The van der Waals surface area contributed by atoms with Crippen molar-refractivity contribution in [2.24, 2.45) is 5.92 Å². The van der Waals surface area contributed by atoms with Gasteiger partial charge < -0.3 is 10.0 Å². The van der Waals surface area contributed by atoms with Crippen LogP contribution in [0.4, 0.5) is 4.39 Å². The van der Waals surface area contributed by atoms with Crippen molar-refractivity contribution in [3.63, 3.8) is 0 Å². The molecular formula is C15H22FNO. The Morgan fingerprint density at radius 2 is 1.78 bits per heavy atom. The first kappa shape index (κ1) is 13.5. The second-order valence-corrected chi connectivity index (χ2v) is 5.33. The number of hydrogen-bond acceptors (Lipinski definition) is 2. The van der Waals surface area contributed by atoms with E-state index in [1.54, 1.807) is 12.1 Å². The van der Waals surface area contributed by atoms with Gasteiger partial charge in [-0.2, -0.15) is 0 Å². The van der Waals surface area contributed by atoms with Crippen molar-refractivity contribution in [1.82, 2.24) is 4.90 Å². The van der Waals surface area contributed by atoms with E-state index in [1.165, 1.54) is 31.4 Å². The molecule has 1 aliphatic rings. The van der Waals surface area contributed by atoms with Crippen LogP contribution in [-0.2, 0) is 0 Å². The topological polar surface area (TPSA) is 23.5 Å². The Labute approximate surface area is 108 Å². The van der Waals surface area contributed by atoms with E-state index in [1.807, 2.05) is 0 Å². The van der Waals surface area contributed by atoms with E-state index in [4.69, 9.17) is 0 Å². The molecule has 1 N–H and O–H groups in total. The summed E-state index contributed by atoms with van der Waals surface area (Å²) in [6.07, 6.45) is 3.34. The third-order valence-corrected chi connectivity index (χ3v) is 3.75. The van der Waals surface area contributed by atoms with E-state index < -0.39 is 6.10 Å². The molecule has 3 heteroatoms. The minimum atomic E-state index is -0.507. The molecule has 2 unspecified atom stereocenters. The summed E-state index contributed by atoms with van der Waals surface area (Å²) in [6, 6.07) is 6.16. The normalized spacial score (nSPS) is 20.6. The minimum Gasteiger partial charge on any atom is -0.388 e. The Balaban J connectivity index is 1.91. The summed E-state index contributed by atoms with van der Waals surface area (Å²) in [6.45, 7) is 5.25. The Hall–Kier alpha value is -0.930. The number of rotatable bonds is 4. The van der Waals surface area contributed by atoms with Crippen molar-refractivity contribution in [2.45, 2.75) is 32.3 Å². The van der Waals surface area contributed by atoms with Crippen molar-refractivity contribution in [3.05, 3.63) is 35.6 Å². The van der Waals surface area contributed by atoms with E-state index in [0.29, 0.717) is 0 Å². The maximum absolute atomic E-state index is 12.8. The van der Waals surface area contributed by atoms with E-state index in [-0.39, 0.29) is 11.7 Å². The number of halogens is 1. The predicted molar refractivity (Wildman–Crippen MR) is 70.8 cm³/mol. The quantitative estimate of drug-likeness (QED) is 0.889. The molecule has 1 fully saturated rings. The summed E-state index contributed by atoms with van der Waals surface area (Å²) in [5, 5.41) is 10.3. The molecule has 0 radical (unpaired) electrons. The number of piperidine rings is 1.